The number of pyridine rings is 1. The van der Waals surface area contributed by atoms with E-state index < -0.39 is 0 Å². The van der Waals surface area contributed by atoms with Gasteiger partial charge in [0.2, 0.25) is 4.77 Å². The van der Waals surface area contributed by atoms with Crippen LogP contribution < -0.4 is 0 Å². The summed E-state index contributed by atoms with van der Waals surface area (Å²) in [6.45, 7) is 1.21. The van der Waals surface area contributed by atoms with Crippen molar-refractivity contribution in [2.75, 3.05) is 7.05 Å². The van der Waals surface area contributed by atoms with Gasteiger partial charge < -0.3 is 0 Å². The van der Waals surface area contributed by atoms with Crippen LogP contribution in [0.15, 0.2) is 73.1 Å². The fraction of sp³-hybridized carbons (Fsp3) is 0.136. The van der Waals surface area contributed by atoms with Gasteiger partial charge >= 0.3 is 0 Å². The topological polar surface area (TPSA) is 38.9 Å². The maximum atomic E-state index is 6.15. The first kappa shape index (κ1) is 20.8. The second-order valence-corrected chi connectivity index (χ2v) is 8.10. The fourth-order valence-corrected chi connectivity index (χ4v) is 3.84. The second-order valence-electron chi connectivity index (χ2n) is 6.92. The van der Waals surface area contributed by atoms with Crippen molar-refractivity contribution < 1.29 is 0 Å². The van der Waals surface area contributed by atoms with Crippen molar-refractivity contribution in [1.82, 2.24) is 24.2 Å². The van der Waals surface area contributed by atoms with Crippen molar-refractivity contribution in [3.63, 3.8) is 0 Å². The summed E-state index contributed by atoms with van der Waals surface area (Å²) < 4.78 is 4.43. The standard InChI is InChI=1S/C22H19Cl2N5S/c1-27(14-16-7-8-19(23)20(24)13-16)15-28-22(30)29(18-5-3-2-4-6-18)21(26-28)17-9-11-25-12-10-17/h2-13H,14-15H2,1H3. The lowest BCUT2D eigenvalue weighted by Gasteiger charge is -2.16. The first-order valence-corrected chi connectivity index (χ1v) is 10.5. The van der Waals surface area contributed by atoms with E-state index in [4.69, 9.17) is 40.5 Å². The van der Waals surface area contributed by atoms with E-state index in [0.29, 0.717) is 28.0 Å². The highest BCUT2D eigenvalue weighted by molar-refractivity contribution is 7.71. The van der Waals surface area contributed by atoms with E-state index >= 15 is 0 Å². The van der Waals surface area contributed by atoms with Crippen molar-refractivity contribution in [1.29, 1.82) is 0 Å². The lowest BCUT2D eigenvalue weighted by Crippen LogP contribution is -2.22. The molecule has 2 aromatic carbocycles. The molecule has 0 unspecified atom stereocenters. The summed E-state index contributed by atoms with van der Waals surface area (Å²) in [7, 11) is 2.01. The van der Waals surface area contributed by atoms with E-state index in [9.17, 15) is 0 Å². The molecule has 0 amide bonds. The monoisotopic (exact) mass is 455 g/mol. The Hall–Kier alpha value is -2.51. The van der Waals surface area contributed by atoms with Gasteiger partial charge in [-0.25, -0.2) is 4.68 Å². The first-order valence-electron chi connectivity index (χ1n) is 9.31. The number of halogens is 2. The molecule has 0 fully saturated rings. The molecule has 4 rings (SSSR count). The summed E-state index contributed by atoms with van der Waals surface area (Å²) in [5.74, 6) is 0.775. The zero-order chi connectivity index (χ0) is 21.1. The summed E-state index contributed by atoms with van der Waals surface area (Å²) in [6, 6.07) is 19.5. The lowest BCUT2D eigenvalue weighted by atomic mass is 10.2. The first-order chi connectivity index (χ1) is 14.5. The maximum Gasteiger partial charge on any atom is 0.204 e. The highest BCUT2D eigenvalue weighted by Gasteiger charge is 2.15. The molecule has 0 aliphatic carbocycles. The van der Waals surface area contributed by atoms with E-state index in [0.717, 1.165) is 22.6 Å². The van der Waals surface area contributed by atoms with Gasteiger partial charge in [-0.3, -0.25) is 14.5 Å². The summed E-state index contributed by atoms with van der Waals surface area (Å²) >= 11 is 18.0. The minimum atomic E-state index is 0.525. The molecule has 0 saturated carbocycles. The second kappa shape index (κ2) is 9.10. The number of hydrogen-bond donors (Lipinski definition) is 0. The van der Waals surface area contributed by atoms with E-state index in [1.807, 2.05) is 77.0 Å². The molecule has 5 nitrogen and oxygen atoms in total. The van der Waals surface area contributed by atoms with Crippen molar-refractivity contribution in [2.24, 2.45) is 0 Å². The largest absolute Gasteiger partial charge is 0.283 e. The molecule has 30 heavy (non-hydrogen) atoms. The highest BCUT2D eigenvalue weighted by atomic mass is 35.5. The smallest absolute Gasteiger partial charge is 0.204 e. The number of rotatable bonds is 6. The highest BCUT2D eigenvalue weighted by Crippen LogP contribution is 2.24. The van der Waals surface area contributed by atoms with Gasteiger partial charge in [-0.1, -0.05) is 47.5 Å². The molecule has 152 valence electrons. The molecule has 0 spiro atoms. The Bertz CT molecular complexity index is 1210. The molecule has 0 aliphatic heterocycles. The van der Waals surface area contributed by atoms with Crippen LogP contribution >= 0.6 is 35.4 Å². The molecule has 8 heteroatoms. The minimum Gasteiger partial charge on any atom is -0.283 e. The summed E-state index contributed by atoms with van der Waals surface area (Å²) in [6.07, 6.45) is 3.51. The van der Waals surface area contributed by atoms with Crippen LogP contribution in [0, 0.1) is 4.77 Å². The minimum absolute atomic E-state index is 0.525. The third-order valence-electron chi connectivity index (χ3n) is 4.60. The van der Waals surface area contributed by atoms with Crippen molar-refractivity contribution in [3.05, 3.63) is 93.4 Å². The quantitative estimate of drug-likeness (QED) is 0.341. The Morgan fingerprint density at radius 3 is 2.40 bits per heavy atom. The predicted octanol–water partition coefficient (Wildman–Crippen LogP) is 5.86. The van der Waals surface area contributed by atoms with Gasteiger partial charge in [0.15, 0.2) is 5.82 Å². The van der Waals surface area contributed by atoms with Crippen molar-refractivity contribution in [3.8, 4) is 17.1 Å². The zero-order valence-electron chi connectivity index (χ0n) is 16.2. The van der Waals surface area contributed by atoms with Gasteiger partial charge in [-0.2, -0.15) is 0 Å². The van der Waals surface area contributed by atoms with Crippen LogP contribution in [0.4, 0.5) is 0 Å². The van der Waals surface area contributed by atoms with Gasteiger partial charge in [0.05, 0.1) is 16.7 Å². The van der Waals surface area contributed by atoms with E-state index in [1.54, 1.807) is 12.4 Å². The Morgan fingerprint density at radius 1 is 0.967 bits per heavy atom. The Balaban J connectivity index is 1.67. The average molecular weight is 456 g/mol. The molecule has 0 aliphatic rings. The molecule has 0 atom stereocenters. The van der Waals surface area contributed by atoms with Gasteiger partial charge in [0, 0.05) is 30.2 Å². The normalized spacial score (nSPS) is 11.2. The fourth-order valence-electron chi connectivity index (χ4n) is 3.23. The molecule has 4 aromatic rings. The van der Waals surface area contributed by atoms with Crippen molar-refractivity contribution in [2.45, 2.75) is 13.2 Å². The molecular formula is C22H19Cl2N5S. The predicted molar refractivity (Wildman–Crippen MR) is 124 cm³/mol. The summed E-state index contributed by atoms with van der Waals surface area (Å²) in [5, 5.41) is 5.93. The van der Waals surface area contributed by atoms with Crippen molar-refractivity contribution >= 4 is 35.4 Å². The molecular weight excluding hydrogens is 437 g/mol. The van der Waals surface area contributed by atoms with Gasteiger partial charge in [0.1, 0.15) is 0 Å². The number of aromatic nitrogens is 4. The van der Waals surface area contributed by atoms with Crippen LogP contribution in [-0.4, -0.2) is 31.3 Å². The number of hydrogen-bond acceptors (Lipinski definition) is 4. The summed E-state index contributed by atoms with van der Waals surface area (Å²) in [5.41, 5.74) is 2.98. The molecule has 0 radical (unpaired) electrons. The van der Waals surface area contributed by atoms with Crippen LogP contribution in [0.3, 0.4) is 0 Å². The Morgan fingerprint density at radius 2 is 1.70 bits per heavy atom. The van der Waals surface area contributed by atoms with Crippen LogP contribution in [0.2, 0.25) is 10.0 Å². The van der Waals surface area contributed by atoms with E-state index in [2.05, 4.69) is 9.88 Å². The zero-order valence-corrected chi connectivity index (χ0v) is 18.6. The van der Waals surface area contributed by atoms with Gasteiger partial charge in [0.25, 0.3) is 0 Å². The molecule has 2 heterocycles. The third kappa shape index (κ3) is 4.47. The molecule has 2 aromatic heterocycles. The third-order valence-corrected chi connectivity index (χ3v) is 5.74. The lowest BCUT2D eigenvalue weighted by molar-refractivity contribution is 0.244. The molecule has 0 N–H and O–H groups in total. The van der Waals surface area contributed by atoms with E-state index in [1.165, 1.54) is 0 Å². The molecule has 0 saturated heterocycles. The summed E-state index contributed by atoms with van der Waals surface area (Å²) in [4.78, 5) is 6.23. The number of nitrogens with zero attached hydrogens (tertiary/aromatic N) is 5. The number of benzene rings is 2. The SMILES string of the molecule is CN(Cc1ccc(Cl)c(Cl)c1)Cn1nc(-c2ccncc2)n(-c2ccccc2)c1=S. The maximum absolute atomic E-state index is 6.15. The van der Waals surface area contributed by atoms with E-state index in [-0.39, 0.29) is 0 Å². The van der Waals surface area contributed by atoms with Gasteiger partial charge in [-0.05, 0) is 61.2 Å². The van der Waals surface area contributed by atoms with Crippen LogP contribution in [0.1, 0.15) is 5.56 Å². The van der Waals surface area contributed by atoms with Crippen LogP contribution in [-0.2, 0) is 13.2 Å². The molecule has 0 bridgehead atoms. The van der Waals surface area contributed by atoms with Crippen LogP contribution in [0.25, 0.3) is 17.1 Å². The number of para-hydroxylation sites is 1. The average Bonchev–Trinajstić information content (AvgIpc) is 3.08. The Labute approximate surface area is 190 Å². The van der Waals surface area contributed by atoms with Gasteiger partial charge in [-0.15, -0.1) is 5.10 Å². The van der Waals surface area contributed by atoms with Crippen LogP contribution in [0.5, 0.6) is 0 Å². The Kier molecular flexibility index (Phi) is 6.29.